The molecule has 0 saturated carbocycles. The molecule has 1 unspecified atom stereocenters. The van der Waals surface area contributed by atoms with Crippen molar-refractivity contribution in [1.82, 2.24) is 25.0 Å². The van der Waals surface area contributed by atoms with Crippen LogP contribution in [-0.4, -0.2) is 25.0 Å². The molecule has 0 bridgehead atoms. The molecular formula is C7H9N5O. The fourth-order valence-corrected chi connectivity index (χ4v) is 1.18. The van der Waals surface area contributed by atoms with E-state index in [0.717, 1.165) is 5.56 Å². The molecule has 6 nitrogen and oxygen atoms in total. The summed E-state index contributed by atoms with van der Waals surface area (Å²) in [5.41, 5.74) is 0.734. The van der Waals surface area contributed by atoms with Gasteiger partial charge in [-0.15, -0.1) is 0 Å². The monoisotopic (exact) mass is 179 g/mol. The molecule has 0 aromatic carbocycles. The molecule has 6 heteroatoms. The highest BCUT2D eigenvalue weighted by atomic mass is 16.1. The lowest BCUT2D eigenvalue weighted by Gasteiger charge is -2.07. The summed E-state index contributed by atoms with van der Waals surface area (Å²) in [7, 11) is 0. The van der Waals surface area contributed by atoms with Crippen molar-refractivity contribution < 1.29 is 0 Å². The highest BCUT2D eigenvalue weighted by Gasteiger charge is 2.10. The van der Waals surface area contributed by atoms with Gasteiger partial charge in [-0.25, -0.2) is 9.89 Å². The second-order valence-electron chi connectivity index (χ2n) is 2.78. The van der Waals surface area contributed by atoms with E-state index in [-0.39, 0.29) is 11.7 Å². The average Bonchev–Trinajstić information content (AvgIpc) is 2.72. The van der Waals surface area contributed by atoms with Gasteiger partial charge in [-0.05, 0) is 6.92 Å². The Balaban J connectivity index is 2.39. The van der Waals surface area contributed by atoms with Crippen LogP contribution in [-0.2, 0) is 0 Å². The standard InChI is InChI=1S/C7H9N5O/c1-5(6-2-8-9-3-6)12-4-10-11-7(12)13/h2-5H,1H3,(H,8,9)(H,11,13). The van der Waals surface area contributed by atoms with Crippen molar-refractivity contribution in [2.45, 2.75) is 13.0 Å². The minimum atomic E-state index is -0.214. The summed E-state index contributed by atoms with van der Waals surface area (Å²) in [4.78, 5) is 11.2. The molecule has 2 N–H and O–H groups in total. The number of nitrogens with one attached hydrogen (secondary N) is 2. The molecule has 0 amide bonds. The summed E-state index contributed by atoms with van der Waals surface area (Å²) in [5, 5.41) is 12.5. The highest BCUT2D eigenvalue weighted by molar-refractivity contribution is 5.09. The molecule has 2 heterocycles. The molecule has 2 aromatic rings. The molecule has 0 radical (unpaired) electrons. The third-order valence-electron chi connectivity index (χ3n) is 2.00. The molecule has 13 heavy (non-hydrogen) atoms. The maximum atomic E-state index is 11.2. The lowest BCUT2D eigenvalue weighted by Crippen LogP contribution is -2.20. The van der Waals surface area contributed by atoms with E-state index in [4.69, 9.17) is 0 Å². The topological polar surface area (TPSA) is 79.4 Å². The average molecular weight is 179 g/mol. The lowest BCUT2D eigenvalue weighted by atomic mass is 10.2. The predicted molar refractivity (Wildman–Crippen MR) is 45.2 cm³/mol. The van der Waals surface area contributed by atoms with Gasteiger partial charge in [-0.3, -0.25) is 9.67 Å². The Bertz CT molecular complexity index is 426. The second kappa shape index (κ2) is 2.89. The van der Waals surface area contributed by atoms with E-state index in [1.807, 2.05) is 6.92 Å². The summed E-state index contributed by atoms with van der Waals surface area (Å²) < 4.78 is 1.50. The minimum absolute atomic E-state index is 0.0509. The molecule has 0 aliphatic heterocycles. The van der Waals surface area contributed by atoms with Gasteiger partial charge >= 0.3 is 5.69 Å². The van der Waals surface area contributed by atoms with E-state index < -0.39 is 0 Å². The first-order valence-electron chi connectivity index (χ1n) is 3.89. The molecule has 2 rings (SSSR count). The Kier molecular flexibility index (Phi) is 1.73. The number of aromatic amines is 2. The number of H-pyrrole nitrogens is 2. The Morgan fingerprint density at radius 3 is 2.92 bits per heavy atom. The van der Waals surface area contributed by atoms with Gasteiger partial charge in [-0.1, -0.05) is 0 Å². The second-order valence-corrected chi connectivity index (χ2v) is 2.78. The largest absolute Gasteiger partial charge is 0.343 e. The Hall–Kier alpha value is -1.85. The summed E-state index contributed by atoms with van der Waals surface area (Å²) in [6.45, 7) is 1.90. The van der Waals surface area contributed by atoms with Gasteiger partial charge in [0, 0.05) is 11.8 Å². The van der Waals surface area contributed by atoms with E-state index in [2.05, 4.69) is 20.4 Å². The molecule has 2 aromatic heterocycles. The first-order chi connectivity index (χ1) is 6.29. The summed E-state index contributed by atoms with van der Waals surface area (Å²) in [5.74, 6) is 0. The van der Waals surface area contributed by atoms with Gasteiger partial charge < -0.3 is 0 Å². The zero-order chi connectivity index (χ0) is 9.26. The summed E-state index contributed by atoms with van der Waals surface area (Å²) >= 11 is 0. The number of rotatable bonds is 2. The molecule has 0 saturated heterocycles. The number of nitrogens with zero attached hydrogens (tertiary/aromatic N) is 3. The third kappa shape index (κ3) is 1.26. The van der Waals surface area contributed by atoms with E-state index >= 15 is 0 Å². The predicted octanol–water partition coefficient (Wildman–Crippen LogP) is -0.0962. The van der Waals surface area contributed by atoms with Crippen LogP contribution in [0.3, 0.4) is 0 Å². The van der Waals surface area contributed by atoms with Crippen LogP contribution in [0, 0.1) is 0 Å². The number of hydrogen-bond donors (Lipinski definition) is 2. The van der Waals surface area contributed by atoms with Gasteiger partial charge in [0.25, 0.3) is 0 Å². The number of aromatic nitrogens is 5. The lowest BCUT2D eigenvalue weighted by molar-refractivity contribution is 0.616. The quantitative estimate of drug-likeness (QED) is 0.675. The van der Waals surface area contributed by atoms with Crippen LogP contribution < -0.4 is 5.69 Å². The summed E-state index contributed by atoms with van der Waals surface area (Å²) in [6, 6.07) is -0.0509. The van der Waals surface area contributed by atoms with Crippen molar-refractivity contribution in [3.8, 4) is 0 Å². The van der Waals surface area contributed by atoms with Crippen molar-refractivity contribution in [3.63, 3.8) is 0 Å². The van der Waals surface area contributed by atoms with Crippen molar-refractivity contribution >= 4 is 0 Å². The Morgan fingerprint density at radius 2 is 2.38 bits per heavy atom. The SMILES string of the molecule is CC(c1cn[nH]c1)n1cn[nH]c1=O. The first kappa shape index (κ1) is 7.78. The van der Waals surface area contributed by atoms with Crippen LogP contribution in [0.25, 0.3) is 0 Å². The maximum absolute atomic E-state index is 11.2. The van der Waals surface area contributed by atoms with Crippen LogP contribution in [0.15, 0.2) is 23.5 Å². The van der Waals surface area contributed by atoms with Crippen LogP contribution in [0.2, 0.25) is 0 Å². The fraction of sp³-hybridized carbons (Fsp3) is 0.286. The van der Waals surface area contributed by atoms with Gasteiger partial charge in [0.1, 0.15) is 6.33 Å². The van der Waals surface area contributed by atoms with E-state index in [1.165, 1.54) is 10.9 Å². The van der Waals surface area contributed by atoms with Crippen LogP contribution in [0.5, 0.6) is 0 Å². The van der Waals surface area contributed by atoms with Crippen molar-refractivity contribution in [1.29, 1.82) is 0 Å². The Morgan fingerprint density at radius 1 is 1.54 bits per heavy atom. The minimum Gasteiger partial charge on any atom is -0.285 e. The zero-order valence-corrected chi connectivity index (χ0v) is 7.06. The van der Waals surface area contributed by atoms with Gasteiger partial charge in [-0.2, -0.15) is 10.2 Å². The van der Waals surface area contributed by atoms with Gasteiger partial charge in [0.2, 0.25) is 0 Å². The van der Waals surface area contributed by atoms with E-state index in [0.29, 0.717) is 0 Å². The normalized spacial score (nSPS) is 13.0. The first-order valence-corrected chi connectivity index (χ1v) is 3.89. The molecule has 0 spiro atoms. The Labute approximate surface area is 73.6 Å². The summed E-state index contributed by atoms with van der Waals surface area (Å²) in [6.07, 6.45) is 4.91. The van der Waals surface area contributed by atoms with Gasteiger partial charge in [0.05, 0.1) is 12.2 Å². The fourth-order valence-electron chi connectivity index (χ4n) is 1.18. The molecule has 0 aliphatic carbocycles. The molecule has 68 valence electrons. The maximum Gasteiger partial charge on any atom is 0.343 e. The van der Waals surface area contributed by atoms with Crippen molar-refractivity contribution in [2.75, 3.05) is 0 Å². The highest BCUT2D eigenvalue weighted by Crippen LogP contribution is 2.12. The van der Waals surface area contributed by atoms with Gasteiger partial charge in [0.15, 0.2) is 0 Å². The smallest absolute Gasteiger partial charge is 0.285 e. The van der Waals surface area contributed by atoms with Crippen LogP contribution >= 0.6 is 0 Å². The van der Waals surface area contributed by atoms with Crippen molar-refractivity contribution in [2.24, 2.45) is 0 Å². The molecular weight excluding hydrogens is 170 g/mol. The zero-order valence-electron chi connectivity index (χ0n) is 7.06. The number of hydrogen-bond acceptors (Lipinski definition) is 3. The third-order valence-corrected chi connectivity index (χ3v) is 2.00. The molecule has 0 fully saturated rings. The van der Waals surface area contributed by atoms with E-state index in [9.17, 15) is 4.79 Å². The van der Waals surface area contributed by atoms with Crippen LogP contribution in [0.4, 0.5) is 0 Å². The van der Waals surface area contributed by atoms with Crippen molar-refractivity contribution in [3.05, 3.63) is 34.8 Å². The van der Waals surface area contributed by atoms with Crippen LogP contribution in [0.1, 0.15) is 18.5 Å². The molecule has 0 aliphatic rings. The molecule has 1 atom stereocenters. The van der Waals surface area contributed by atoms with E-state index in [1.54, 1.807) is 12.4 Å².